The Hall–Kier alpha value is -1.06. The minimum absolute atomic E-state index is 0.213. The normalized spacial score (nSPS) is 11.6. The number of hydrogen-bond donors (Lipinski definition) is 2. The molecule has 0 aliphatic rings. The Morgan fingerprint density at radius 1 is 1.15 bits per heavy atom. The maximum Gasteiger partial charge on any atom is 0.119 e. The minimum Gasteiger partial charge on any atom is -0.494 e. The van der Waals surface area contributed by atoms with Gasteiger partial charge in [-0.1, -0.05) is 19.1 Å². The largest absolute Gasteiger partial charge is 0.494 e. The highest BCUT2D eigenvalue weighted by Crippen LogP contribution is 2.13. The predicted molar refractivity (Wildman–Crippen MR) is 86.3 cm³/mol. The molecule has 1 aromatic rings. The lowest BCUT2D eigenvalue weighted by Crippen LogP contribution is -2.37. The van der Waals surface area contributed by atoms with Crippen LogP contribution in [-0.2, 0) is 6.54 Å². The summed E-state index contributed by atoms with van der Waals surface area (Å²) < 4.78 is 5.64. The van der Waals surface area contributed by atoms with E-state index >= 15 is 0 Å². The zero-order valence-electron chi connectivity index (χ0n) is 13.5. The third kappa shape index (κ3) is 8.18. The number of hydrogen-bond acceptors (Lipinski definition) is 3. The van der Waals surface area contributed by atoms with Gasteiger partial charge in [0.25, 0.3) is 0 Å². The molecule has 3 nitrogen and oxygen atoms in total. The topological polar surface area (TPSA) is 33.3 Å². The van der Waals surface area contributed by atoms with Gasteiger partial charge in [-0.05, 0) is 64.4 Å². The van der Waals surface area contributed by atoms with E-state index in [2.05, 4.69) is 56.5 Å². The molecule has 0 atom stereocenters. The standard InChI is InChI=1S/C17H30N2O/c1-5-12-20-16-9-6-8-15(13-16)14-18-10-7-11-19-17(2,3)4/h6,8-9,13,18-19H,5,7,10-12,14H2,1-4H3. The highest BCUT2D eigenvalue weighted by Gasteiger charge is 2.06. The first-order chi connectivity index (χ1) is 9.51. The van der Waals surface area contributed by atoms with Crippen molar-refractivity contribution in [2.75, 3.05) is 19.7 Å². The molecule has 1 rings (SSSR count). The van der Waals surface area contributed by atoms with Crippen LogP contribution >= 0.6 is 0 Å². The molecular weight excluding hydrogens is 248 g/mol. The molecule has 0 bridgehead atoms. The van der Waals surface area contributed by atoms with E-state index in [1.807, 2.05) is 6.07 Å². The van der Waals surface area contributed by atoms with Crippen molar-refractivity contribution in [2.24, 2.45) is 0 Å². The summed E-state index contributed by atoms with van der Waals surface area (Å²) in [6, 6.07) is 8.34. The molecule has 0 amide bonds. The lowest BCUT2D eigenvalue weighted by Gasteiger charge is -2.20. The summed E-state index contributed by atoms with van der Waals surface area (Å²) in [5, 5.41) is 6.97. The van der Waals surface area contributed by atoms with E-state index in [1.54, 1.807) is 0 Å². The van der Waals surface area contributed by atoms with Gasteiger partial charge >= 0.3 is 0 Å². The van der Waals surface area contributed by atoms with Crippen LogP contribution in [0.3, 0.4) is 0 Å². The van der Waals surface area contributed by atoms with E-state index < -0.39 is 0 Å². The van der Waals surface area contributed by atoms with Crippen LogP contribution in [-0.4, -0.2) is 25.2 Å². The summed E-state index contributed by atoms with van der Waals surface area (Å²) in [5.41, 5.74) is 1.49. The second kappa shape index (κ2) is 8.98. The van der Waals surface area contributed by atoms with Crippen LogP contribution in [0.5, 0.6) is 5.75 Å². The Bertz CT molecular complexity index is 371. The van der Waals surface area contributed by atoms with E-state index in [4.69, 9.17) is 4.74 Å². The number of benzene rings is 1. The molecule has 0 aromatic heterocycles. The molecule has 3 heteroatoms. The van der Waals surface area contributed by atoms with E-state index in [1.165, 1.54) is 5.56 Å². The van der Waals surface area contributed by atoms with Gasteiger partial charge in [0, 0.05) is 12.1 Å². The SMILES string of the molecule is CCCOc1cccc(CNCCCNC(C)(C)C)c1. The number of rotatable bonds is 9. The molecule has 0 fully saturated rings. The van der Waals surface area contributed by atoms with Crippen molar-refractivity contribution in [1.82, 2.24) is 10.6 Å². The molecule has 0 aliphatic carbocycles. The molecule has 114 valence electrons. The lowest BCUT2D eigenvalue weighted by atomic mass is 10.1. The van der Waals surface area contributed by atoms with Crippen LogP contribution in [0.1, 0.15) is 46.1 Å². The van der Waals surface area contributed by atoms with Gasteiger partial charge in [0.05, 0.1) is 6.61 Å². The summed E-state index contributed by atoms with van der Waals surface area (Å²) >= 11 is 0. The molecule has 20 heavy (non-hydrogen) atoms. The number of ether oxygens (including phenoxy) is 1. The van der Waals surface area contributed by atoms with Crippen molar-refractivity contribution in [2.45, 2.75) is 52.6 Å². The van der Waals surface area contributed by atoms with Crippen molar-refractivity contribution in [3.63, 3.8) is 0 Å². The first-order valence-electron chi connectivity index (χ1n) is 7.69. The Morgan fingerprint density at radius 2 is 1.95 bits per heavy atom. The lowest BCUT2D eigenvalue weighted by molar-refractivity contribution is 0.317. The van der Waals surface area contributed by atoms with E-state index in [0.717, 1.165) is 44.8 Å². The van der Waals surface area contributed by atoms with Crippen molar-refractivity contribution >= 4 is 0 Å². The molecule has 0 aliphatic heterocycles. The molecule has 0 spiro atoms. The summed E-state index contributed by atoms with van der Waals surface area (Å²) in [7, 11) is 0. The molecule has 2 N–H and O–H groups in total. The second-order valence-corrected chi connectivity index (χ2v) is 6.20. The Morgan fingerprint density at radius 3 is 2.65 bits per heavy atom. The predicted octanol–water partition coefficient (Wildman–Crippen LogP) is 3.34. The maximum atomic E-state index is 5.64. The monoisotopic (exact) mass is 278 g/mol. The summed E-state index contributed by atoms with van der Waals surface area (Å²) in [5.74, 6) is 0.973. The second-order valence-electron chi connectivity index (χ2n) is 6.20. The minimum atomic E-state index is 0.213. The third-order valence-electron chi connectivity index (χ3n) is 2.89. The molecular formula is C17H30N2O. The highest BCUT2D eigenvalue weighted by molar-refractivity contribution is 5.28. The van der Waals surface area contributed by atoms with E-state index in [-0.39, 0.29) is 5.54 Å². The average molecular weight is 278 g/mol. The van der Waals surface area contributed by atoms with Gasteiger partial charge < -0.3 is 15.4 Å². The van der Waals surface area contributed by atoms with E-state index in [9.17, 15) is 0 Å². The van der Waals surface area contributed by atoms with Crippen molar-refractivity contribution < 1.29 is 4.74 Å². The molecule has 1 aromatic carbocycles. The first kappa shape index (κ1) is 17.0. The van der Waals surface area contributed by atoms with Crippen LogP contribution in [0.4, 0.5) is 0 Å². The van der Waals surface area contributed by atoms with Gasteiger partial charge in [0.2, 0.25) is 0 Å². The quantitative estimate of drug-likeness (QED) is 0.680. The molecule has 0 unspecified atom stereocenters. The summed E-state index contributed by atoms with van der Waals surface area (Å²) in [6.07, 6.45) is 2.19. The van der Waals surface area contributed by atoms with E-state index in [0.29, 0.717) is 0 Å². The third-order valence-corrected chi connectivity index (χ3v) is 2.89. The molecule has 0 saturated heterocycles. The Labute approximate surface area is 124 Å². The van der Waals surface area contributed by atoms with Gasteiger partial charge in [-0.2, -0.15) is 0 Å². The highest BCUT2D eigenvalue weighted by atomic mass is 16.5. The van der Waals surface area contributed by atoms with Crippen LogP contribution in [0.15, 0.2) is 24.3 Å². The fourth-order valence-corrected chi connectivity index (χ4v) is 1.87. The van der Waals surface area contributed by atoms with Gasteiger partial charge in [-0.3, -0.25) is 0 Å². The molecule has 0 saturated carbocycles. The summed E-state index contributed by atoms with van der Waals surface area (Å²) in [6.45, 7) is 12.5. The van der Waals surface area contributed by atoms with Crippen LogP contribution < -0.4 is 15.4 Å². The van der Waals surface area contributed by atoms with Crippen molar-refractivity contribution in [1.29, 1.82) is 0 Å². The van der Waals surface area contributed by atoms with Gasteiger partial charge in [0.15, 0.2) is 0 Å². The van der Waals surface area contributed by atoms with Crippen molar-refractivity contribution in [3.05, 3.63) is 29.8 Å². The molecule has 0 radical (unpaired) electrons. The van der Waals surface area contributed by atoms with Crippen LogP contribution in [0.25, 0.3) is 0 Å². The van der Waals surface area contributed by atoms with Gasteiger partial charge in [0.1, 0.15) is 5.75 Å². The Kier molecular flexibility index (Phi) is 7.63. The fraction of sp³-hybridized carbons (Fsp3) is 0.647. The zero-order valence-corrected chi connectivity index (χ0v) is 13.5. The van der Waals surface area contributed by atoms with Gasteiger partial charge in [-0.15, -0.1) is 0 Å². The summed E-state index contributed by atoms with van der Waals surface area (Å²) in [4.78, 5) is 0. The Balaban J connectivity index is 2.18. The van der Waals surface area contributed by atoms with Crippen LogP contribution in [0.2, 0.25) is 0 Å². The zero-order chi connectivity index (χ0) is 14.8. The van der Waals surface area contributed by atoms with Gasteiger partial charge in [-0.25, -0.2) is 0 Å². The maximum absolute atomic E-state index is 5.64. The molecule has 0 heterocycles. The first-order valence-corrected chi connectivity index (χ1v) is 7.69. The number of nitrogens with one attached hydrogen (secondary N) is 2. The smallest absolute Gasteiger partial charge is 0.119 e. The average Bonchev–Trinajstić information content (AvgIpc) is 2.40. The van der Waals surface area contributed by atoms with Crippen molar-refractivity contribution in [3.8, 4) is 5.75 Å². The fourth-order valence-electron chi connectivity index (χ4n) is 1.87. The van der Waals surface area contributed by atoms with Crippen LogP contribution in [0, 0.1) is 0 Å².